The molecule has 1 rings (SSSR count). The van der Waals surface area contributed by atoms with Gasteiger partial charge in [0.25, 0.3) is 5.89 Å². The molecule has 0 aliphatic heterocycles. The number of aryl methyl sites for hydroxylation is 1. The van der Waals surface area contributed by atoms with Gasteiger partial charge in [0, 0.05) is 12.3 Å². The van der Waals surface area contributed by atoms with Crippen molar-refractivity contribution in [3.63, 3.8) is 0 Å². The Labute approximate surface area is 90.1 Å². The highest BCUT2D eigenvalue weighted by Gasteiger charge is 2.17. The fourth-order valence-electron chi connectivity index (χ4n) is 1.11. The van der Waals surface area contributed by atoms with Crippen molar-refractivity contribution in [2.75, 3.05) is 0 Å². The smallest absolute Gasteiger partial charge is 0.284 e. The summed E-state index contributed by atoms with van der Waals surface area (Å²) in [5.74, 6) is 1.12. The van der Waals surface area contributed by atoms with E-state index in [9.17, 15) is 4.79 Å². The number of aromatic nitrogens is 2. The van der Waals surface area contributed by atoms with Crippen molar-refractivity contribution in [1.29, 1.82) is 0 Å². The molecule has 0 amide bonds. The minimum atomic E-state index is -0.0941. The SMILES string of the molecule is CC(C)CCc1nnc(C(=O)C(C)C)o1. The molecule has 0 fully saturated rings. The lowest BCUT2D eigenvalue weighted by Crippen LogP contribution is -2.07. The third-order valence-corrected chi connectivity index (χ3v) is 2.14. The molecule has 0 unspecified atom stereocenters. The summed E-state index contributed by atoms with van der Waals surface area (Å²) in [5.41, 5.74) is 0. The van der Waals surface area contributed by atoms with Crippen LogP contribution in [0.4, 0.5) is 0 Å². The van der Waals surface area contributed by atoms with Gasteiger partial charge in [-0.2, -0.15) is 0 Å². The van der Waals surface area contributed by atoms with Gasteiger partial charge in [0.05, 0.1) is 0 Å². The summed E-state index contributed by atoms with van der Waals surface area (Å²) in [6.07, 6.45) is 1.74. The van der Waals surface area contributed by atoms with E-state index in [4.69, 9.17) is 4.42 Å². The van der Waals surface area contributed by atoms with Gasteiger partial charge >= 0.3 is 0 Å². The number of carbonyl (C=O) groups is 1. The fraction of sp³-hybridized carbons (Fsp3) is 0.727. The second kappa shape index (κ2) is 5.05. The second-order valence-electron chi connectivity index (χ2n) is 4.45. The standard InChI is InChI=1S/C11H18N2O2/c1-7(2)5-6-9-12-13-11(15-9)10(14)8(3)4/h7-8H,5-6H2,1-4H3. The average Bonchev–Trinajstić information content (AvgIpc) is 2.61. The molecule has 0 N–H and O–H groups in total. The Hall–Kier alpha value is -1.19. The minimum Gasteiger partial charge on any atom is -0.418 e. The predicted octanol–water partition coefficient (Wildman–Crippen LogP) is 2.50. The van der Waals surface area contributed by atoms with Gasteiger partial charge in [0.15, 0.2) is 0 Å². The maximum atomic E-state index is 11.5. The van der Waals surface area contributed by atoms with Crippen molar-refractivity contribution in [2.24, 2.45) is 11.8 Å². The third kappa shape index (κ3) is 3.46. The summed E-state index contributed by atoms with van der Waals surface area (Å²) in [4.78, 5) is 11.5. The van der Waals surface area contributed by atoms with Gasteiger partial charge in [0.2, 0.25) is 11.7 Å². The first-order chi connectivity index (χ1) is 7.00. The average molecular weight is 210 g/mol. The number of ketones is 1. The van der Waals surface area contributed by atoms with Crippen molar-refractivity contribution in [3.8, 4) is 0 Å². The molecule has 1 aromatic rings. The molecule has 4 nitrogen and oxygen atoms in total. The van der Waals surface area contributed by atoms with E-state index in [0.717, 1.165) is 12.8 Å². The predicted molar refractivity (Wildman–Crippen MR) is 56.6 cm³/mol. The molecule has 0 spiro atoms. The van der Waals surface area contributed by atoms with Crippen LogP contribution >= 0.6 is 0 Å². The Morgan fingerprint density at radius 2 is 1.93 bits per heavy atom. The first kappa shape index (κ1) is 11.9. The van der Waals surface area contributed by atoms with E-state index in [1.807, 2.05) is 13.8 Å². The van der Waals surface area contributed by atoms with E-state index in [1.165, 1.54) is 0 Å². The van der Waals surface area contributed by atoms with E-state index in [-0.39, 0.29) is 17.6 Å². The van der Waals surface area contributed by atoms with E-state index in [0.29, 0.717) is 11.8 Å². The molecule has 0 saturated carbocycles. The Morgan fingerprint density at radius 1 is 1.27 bits per heavy atom. The quantitative estimate of drug-likeness (QED) is 0.700. The normalized spacial score (nSPS) is 11.3. The molecule has 0 aliphatic rings. The number of rotatable bonds is 5. The highest BCUT2D eigenvalue weighted by atomic mass is 16.4. The molecule has 0 saturated heterocycles. The Morgan fingerprint density at radius 3 is 2.47 bits per heavy atom. The molecule has 0 bridgehead atoms. The van der Waals surface area contributed by atoms with Crippen LogP contribution in [0.1, 0.15) is 50.7 Å². The number of carbonyl (C=O) groups excluding carboxylic acids is 1. The first-order valence-electron chi connectivity index (χ1n) is 5.37. The van der Waals surface area contributed by atoms with E-state index in [2.05, 4.69) is 24.0 Å². The minimum absolute atomic E-state index is 0.0849. The zero-order valence-electron chi connectivity index (χ0n) is 9.78. The summed E-state index contributed by atoms with van der Waals surface area (Å²) >= 11 is 0. The Bertz CT molecular complexity index is 329. The molecule has 84 valence electrons. The number of hydrogen-bond donors (Lipinski definition) is 0. The van der Waals surface area contributed by atoms with Gasteiger partial charge in [-0.1, -0.05) is 27.7 Å². The van der Waals surface area contributed by atoms with Crippen molar-refractivity contribution in [1.82, 2.24) is 10.2 Å². The van der Waals surface area contributed by atoms with Crippen LogP contribution in [-0.4, -0.2) is 16.0 Å². The molecular weight excluding hydrogens is 192 g/mol. The van der Waals surface area contributed by atoms with Crippen LogP contribution in [0.25, 0.3) is 0 Å². The van der Waals surface area contributed by atoms with Crippen LogP contribution in [0.15, 0.2) is 4.42 Å². The monoisotopic (exact) mass is 210 g/mol. The van der Waals surface area contributed by atoms with Gasteiger partial charge in [-0.05, 0) is 12.3 Å². The summed E-state index contributed by atoms with van der Waals surface area (Å²) < 4.78 is 5.29. The summed E-state index contributed by atoms with van der Waals surface area (Å²) in [7, 11) is 0. The molecule has 0 aromatic carbocycles. The molecule has 15 heavy (non-hydrogen) atoms. The lowest BCUT2D eigenvalue weighted by Gasteiger charge is -1.99. The van der Waals surface area contributed by atoms with Crippen molar-refractivity contribution in [3.05, 3.63) is 11.8 Å². The summed E-state index contributed by atoms with van der Waals surface area (Å²) in [5, 5.41) is 7.60. The van der Waals surface area contributed by atoms with Gasteiger partial charge in [0.1, 0.15) is 0 Å². The molecule has 4 heteroatoms. The maximum absolute atomic E-state index is 11.5. The summed E-state index contributed by atoms with van der Waals surface area (Å²) in [6, 6.07) is 0. The fourth-order valence-corrected chi connectivity index (χ4v) is 1.11. The molecule has 0 radical (unpaired) electrons. The molecule has 1 aromatic heterocycles. The van der Waals surface area contributed by atoms with Gasteiger partial charge in [-0.3, -0.25) is 4.79 Å². The largest absolute Gasteiger partial charge is 0.418 e. The second-order valence-corrected chi connectivity index (χ2v) is 4.45. The molecule has 0 aliphatic carbocycles. The summed E-state index contributed by atoms with van der Waals surface area (Å²) in [6.45, 7) is 7.91. The lowest BCUT2D eigenvalue weighted by molar-refractivity contribution is 0.0902. The van der Waals surface area contributed by atoms with E-state index >= 15 is 0 Å². The van der Waals surface area contributed by atoms with Crippen LogP contribution < -0.4 is 0 Å². The van der Waals surface area contributed by atoms with Crippen LogP contribution in [-0.2, 0) is 6.42 Å². The van der Waals surface area contributed by atoms with Crippen molar-refractivity contribution in [2.45, 2.75) is 40.5 Å². The molecule has 0 atom stereocenters. The van der Waals surface area contributed by atoms with Gasteiger partial charge in [-0.25, -0.2) is 0 Å². The zero-order valence-corrected chi connectivity index (χ0v) is 9.78. The molecule has 1 heterocycles. The highest BCUT2D eigenvalue weighted by Crippen LogP contribution is 2.10. The van der Waals surface area contributed by atoms with E-state index in [1.54, 1.807) is 0 Å². The van der Waals surface area contributed by atoms with Crippen LogP contribution in [0.3, 0.4) is 0 Å². The Kier molecular flexibility index (Phi) is 4.00. The maximum Gasteiger partial charge on any atom is 0.284 e. The third-order valence-electron chi connectivity index (χ3n) is 2.14. The number of Topliss-reactive ketones (excluding diaryl/α,β-unsaturated/α-hetero) is 1. The zero-order chi connectivity index (χ0) is 11.4. The number of hydrogen-bond acceptors (Lipinski definition) is 4. The van der Waals surface area contributed by atoms with Gasteiger partial charge in [-0.15, -0.1) is 10.2 Å². The Balaban J connectivity index is 2.60. The van der Waals surface area contributed by atoms with E-state index < -0.39 is 0 Å². The van der Waals surface area contributed by atoms with Crippen LogP contribution in [0, 0.1) is 11.8 Å². The first-order valence-corrected chi connectivity index (χ1v) is 5.37. The number of nitrogens with zero attached hydrogens (tertiary/aromatic N) is 2. The van der Waals surface area contributed by atoms with Crippen LogP contribution in [0.5, 0.6) is 0 Å². The molecular formula is C11H18N2O2. The topological polar surface area (TPSA) is 56.0 Å². The lowest BCUT2D eigenvalue weighted by atomic mass is 10.1. The van der Waals surface area contributed by atoms with Crippen LogP contribution in [0.2, 0.25) is 0 Å². The highest BCUT2D eigenvalue weighted by molar-refractivity contribution is 5.92. The van der Waals surface area contributed by atoms with Gasteiger partial charge < -0.3 is 4.42 Å². The van der Waals surface area contributed by atoms with Crippen molar-refractivity contribution >= 4 is 5.78 Å². The van der Waals surface area contributed by atoms with Crippen molar-refractivity contribution < 1.29 is 9.21 Å².